The van der Waals surface area contributed by atoms with Crippen LogP contribution < -0.4 is 5.73 Å². The van der Waals surface area contributed by atoms with Crippen molar-refractivity contribution in [3.8, 4) is 0 Å². The van der Waals surface area contributed by atoms with E-state index in [1.807, 2.05) is 0 Å². The fourth-order valence-corrected chi connectivity index (χ4v) is 3.35. The Balaban J connectivity index is 3.26. The van der Waals surface area contributed by atoms with Gasteiger partial charge in [0.15, 0.2) is 5.82 Å². The molecule has 0 saturated heterocycles. The number of aromatic nitrogens is 2. The SMILES string of the molecule is Cc1c(S(=O)(=O)N(CCO)CCO)c(N)nn1C. The number of aryl methyl sites for hydroxylation is 1. The molecule has 104 valence electrons. The molecule has 0 atom stereocenters. The molecule has 8 nitrogen and oxygen atoms in total. The summed E-state index contributed by atoms with van der Waals surface area (Å²) in [6.07, 6.45) is 0. The second-order valence-electron chi connectivity index (χ2n) is 3.77. The van der Waals surface area contributed by atoms with Crippen LogP contribution in [0.15, 0.2) is 4.90 Å². The van der Waals surface area contributed by atoms with Crippen LogP contribution in [0.25, 0.3) is 0 Å². The van der Waals surface area contributed by atoms with Crippen LogP contribution in [-0.4, -0.2) is 59.0 Å². The Kier molecular flexibility index (Phi) is 4.68. The molecular formula is C9H18N4O4S. The van der Waals surface area contributed by atoms with E-state index in [1.165, 1.54) is 4.68 Å². The average Bonchev–Trinajstić information content (AvgIpc) is 2.53. The Bertz CT molecular complexity index is 505. The molecule has 0 unspecified atom stereocenters. The van der Waals surface area contributed by atoms with Crippen molar-refractivity contribution in [3.05, 3.63) is 5.69 Å². The normalized spacial score (nSPS) is 12.3. The monoisotopic (exact) mass is 278 g/mol. The predicted molar refractivity (Wildman–Crippen MR) is 65.3 cm³/mol. The summed E-state index contributed by atoms with van der Waals surface area (Å²) in [6, 6.07) is 0. The van der Waals surface area contributed by atoms with E-state index >= 15 is 0 Å². The molecule has 1 aromatic heterocycles. The first-order chi connectivity index (χ1) is 8.36. The molecule has 4 N–H and O–H groups in total. The second-order valence-corrected chi connectivity index (χ2v) is 5.65. The number of hydrogen-bond donors (Lipinski definition) is 3. The zero-order valence-corrected chi connectivity index (χ0v) is 11.2. The van der Waals surface area contributed by atoms with Gasteiger partial charge in [-0.05, 0) is 6.92 Å². The first-order valence-electron chi connectivity index (χ1n) is 5.37. The molecule has 0 aliphatic rings. The Morgan fingerprint density at radius 3 is 2.17 bits per heavy atom. The van der Waals surface area contributed by atoms with Crippen LogP contribution in [-0.2, 0) is 17.1 Å². The number of nitrogen functional groups attached to an aromatic ring is 1. The Labute approximate surface area is 106 Å². The summed E-state index contributed by atoms with van der Waals surface area (Å²) in [4.78, 5) is -0.0769. The van der Waals surface area contributed by atoms with Gasteiger partial charge in [0.2, 0.25) is 10.0 Å². The third kappa shape index (κ3) is 2.64. The van der Waals surface area contributed by atoms with Gasteiger partial charge in [-0.2, -0.15) is 9.40 Å². The van der Waals surface area contributed by atoms with Crippen LogP contribution in [0.2, 0.25) is 0 Å². The van der Waals surface area contributed by atoms with E-state index < -0.39 is 10.0 Å². The fraction of sp³-hybridized carbons (Fsp3) is 0.667. The molecule has 1 aromatic rings. The minimum Gasteiger partial charge on any atom is -0.395 e. The highest BCUT2D eigenvalue weighted by molar-refractivity contribution is 7.89. The zero-order valence-electron chi connectivity index (χ0n) is 10.4. The molecule has 0 amide bonds. The summed E-state index contributed by atoms with van der Waals surface area (Å²) >= 11 is 0. The molecule has 0 spiro atoms. The van der Waals surface area contributed by atoms with Gasteiger partial charge in [0, 0.05) is 20.1 Å². The second kappa shape index (κ2) is 5.65. The van der Waals surface area contributed by atoms with E-state index in [0.717, 1.165) is 4.31 Å². The standard InChI is InChI=1S/C9H18N4O4S/c1-7-8(9(10)11-12(7)2)18(16,17)13(3-5-14)4-6-15/h14-15H,3-6H2,1-2H3,(H2,10,11). The molecule has 0 aromatic carbocycles. The number of sulfonamides is 1. The van der Waals surface area contributed by atoms with Crippen molar-refractivity contribution in [2.45, 2.75) is 11.8 Å². The van der Waals surface area contributed by atoms with Crippen molar-refractivity contribution in [1.29, 1.82) is 0 Å². The highest BCUT2D eigenvalue weighted by Gasteiger charge is 2.30. The van der Waals surface area contributed by atoms with E-state index in [2.05, 4.69) is 5.10 Å². The minimum absolute atomic E-state index is 0.0769. The van der Waals surface area contributed by atoms with Gasteiger partial charge in [0.25, 0.3) is 0 Å². The lowest BCUT2D eigenvalue weighted by Gasteiger charge is -2.20. The topological polar surface area (TPSA) is 122 Å². The van der Waals surface area contributed by atoms with Gasteiger partial charge >= 0.3 is 0 Å². The molecule has 0 aliphatic heterocycles. The maximum atomic E-state index is 12.3. The Hall–Kier alpha value is -1.16. The van der Waals surface area contributed by atoms with Crippen molar-refractivity contribution in [2.75, 3.05) is 32.0 Å². The van der Waals surface area contributed by atoms with Gasteiger partial charge in [-0.3, -0.25) is 4.68 Å². The van der Waals surface area contributed by atoms with Crippen molar-refractivity contribution in [2.24, 2.45) is 7.05 Å². The summed E-state index contributed by atoms with van der Waals surface area (Å²) in [5, 5.41) is 21.6. The molecule has 1 heterocycles. The number of nitrogens with two attached hydrogens (primary N) is 1. The maximum Gasteiger partial charge on any atom is 0.248 e. The first-order valence-corrected chi connectivity index (χ1v) is 6.81. The van der Waals surface area contributed by atoms with Gasteiger partial charge in [0.1, 0.15) is 4.90 Å². The van der Waals surface area contributed by atoms with Crippen LogP contribution in [0.3, 0.4) is 0 Å². The van der Waals surface area contributed by atoms with Crippen LogP contribution in [0.5, 0.6) is 0 Å². The quantitative estimate of drug-likeness (QED) is 0.569. The van der Waals surface area contributed by atoms with E-state index in [4.69, 9.17) is 15.9 Å². The average molecular weight is 278 g/mol. The third-order valence-corrected chi connectivity index (χ3v) is 4.67. The van der Waals surface area contributed by atoms with Gasteiger partial charge in [-0.1, -0.05) is 0 Å². The predicted octanol–water partition coefficient (Wildman–Crippen LogP) is -1.71. The third-order valence-electron chi connectivity index (χ3n) is 2.60. The van der Waals surface area contributed by atoms with E-state index in [-0.39, 0.29) is 37.0 Å². The van der Waals surface area contributed by atoms with Crippen LogP contribution in [0.4, 0.5) is 5.82 Å². The largest absolute Gasteiger partial charge is 0.395 e. The van der Waals surface area contributed by atoms with Crippen molar-refractivity contribution >= 4 is 15.8 Å². The van der Waals surface area contributed by atoms with Gasteiger partial charge in [-0.15, -0.1) is 0 Å². The zero-order chi connectivity index (χ0) is 13.9. The summed E-state index contributed by atoms with van der Waals surface area (Å²) in [6.45, 7) is 0.719. The number of nitrogens with zero attached hydrogens (tertiary/aromatic N) is 3. The van der Waals surface area contributed by atoms with E-state index in [1.54, 1.807) is 14.0 Å². The molecule has 0 radical (unpaired) electrons. The van der Waals surface area contributed by atoms with Crippen molar-refractivity contribution < 1.29 is 18.6 Å². The summed E-state index contributed by atoms with van der Waals surface area (Å²) in [5.41, 5.74) is 6.01. The lowest BCUT2D eigenvalue weighted by molar-refractivity contribution is 0.217. The maximum absolute atomic E-state index is 12.3. The van der Waals surface area contributed by atoms with Crippen LogP contribution in [0, 0.1) is 6.92 Å². The Morgan fingerprint density at radius 2 is 1.83 bits per heavy atom. The van der Waals surface area contributed by atoms with E-state index in [9.17, 15) is 8.42 Å². The molecule has 0 fully saturated rings. The Morgan fingerprint density at radius 1 is 1.33 bits per heavy atom. The lowest BCUT2D eigenvalue weighted by Crippen LogP contribution is -2.36. The van der Waals surface area contributed by atoms with Crippen molar-refractivity contribution in [1.82, 2.24) is 14.1 Å². The minimum atomic E-state index is -3.86. The summed E-state index contributed by atoms with van der Waals surface area (Å²) in [7, 11) is -2.27. The highest BCUT2D eigenvalue weighted by Crippen LogP contribution is 2.24. The highest BCUT2D eigenvalue weighted by atomic mass is 32.2. The fourth-order valence-electron chi connectivity index (χ4n) is 1.64. The van der Waals surface area contributed by atoms with Crippen LogP contribution >= 0.6 is 0 Å². The summed E-state index contributed by atoms with van der Waals surface area (Å²) in [5.74, 6) is -0.0871. The number of aliphatic hydroxyl groups is 2. The molecule has 0 saturated carbocycles. The smallest absolute Gasteiger partial charge is 0.248 e. The first kappa shape index (κ1) is 14.9. The van der Waals surface area contributed by atoms with E-state index in [0.29, 0.717) is 5.69 Å². The molecule has 0 aliphatic carbocycles. The number of rotatable bonds is 6. The van der Waals surface area contributed by atoms with Crippen molar-refractivity contribution in [3.63, 3.8) is 0 Å². The molecule has 9 heteroatoms. The number of hydrogen-bond acceptors (Lipinski definition) is 6. The summed E-state index contributed by atoms with van der Waals surface area (Å²) < 4.78 is 27.0. The lowest BCUT2D eigenvalue weighted by atomic mass is 10.5. The molecule has 0 bridgehead atoms. The molecule has 1 rings (SSSR count). The van der Waals surface area contributed by atoms with Gasteiger partial charge < -0.3 is 15.9 Å². The van der Waals surface area contributed by atoms with Gasteiger partial charge in [0.05, 0.1) is 18.9 Å². The molecular weight excluding hydrogens is 260 g/mol. The molecule has 18 heavy (non-hydrogen) atoms. The van der Waals surface area contributed by atoms with Crippen LogP contribution in [0.1, 0.15) is 5.69 Å². The number of anilines is 1. The van der Waals surface area contributed by atoms with Gasteiger partial charge in [-0.25, -0.2) is 8.42 Å². The number of aliphatic hydroxyl groups excluding tert-OH is 2.